The third-order valence-corrected chi connectivity index (χ3v) is 5.85. The number of benzene rings is 1. The molecule has 2 amide bonds. The fourth-order valence-electron chi connectivity index (χ4n) is 3.49. The first-order valence-electron chi connectivity index (χ1n) is 9.67. The molecule has 0 bridgehead atoms. The zero-order chi connectivity index (χ0) is 20.6. The quantitative estimate of drug-likeness (QED) is 0.690. The van der Waals surface area contributed by atoms with Gasteiger partial charge in [0.05, 0.1) is 31.7 Å². The van der Waals surface area contributed by atoms with Crippen molar-refractivity contribution in [1.82, 2.24) is 15.5 Å². The monoisotopic (exact) mass is 419 g/mol. The summed E-state index contributed by atoms with van der Waals surface area (Å²) in [7, 11) is 0. The maximum atomic E-state index is 13.8. The molecule has 1 aliphatic heterocycles. The van der Waals surface area contributed by atoms with Crippen molar-refractivity contribution in [3.05, 3.63) is 58.0 Å². The highest BCUT2D eigenvalue weighted by Gasteiger charge is 2.24. The third kappa shape index (κ3) is 6.35. The van der Waals surface area contributed by atoms with Gasteiger partial charge in [0.1, 0.15) is 5.82 Å². The molecule has 2 unspecified atom stereocenters. The predicted octanol–water partition coefficient (Wildman–Crippen LogP) is 2.64. The van der Waals surface area contributed by atoms with Gasteiger partial charge in [0.25, 0.3) is 0 Å². The van der Waals surface area contributed by atoms with Gasteiger partial charge in [0, 0.05) is 31.4 Å². The summed E-state index contributed by atoms with van der Waals surface area (Å²) in [6, 6.07) is 9.79. The lowest BCUT2D eigenvalue weighted by Gasteiger charge is -2.35. The lowest BCUT2D eigenvalue weighted by Crippen LogP contribution is -2.44. The fourth-order valence-corrected chi connectivity index (χ4v) is 4.26. The highest BCUT2D eigenvalue weighted by molar-refractivity contribution is 7.10. The first-order valence-corrected chi connectivity index (χ1v) is 10.6. The minimum Gasteiger partial charge on any atom is -0.379 e. The number of nitrogens with one attached hydrogen (secondary N) is 2. The van der Waals surface area contributed by atoms with E-state index in [4.69, 9.17) is 4.74 Å². The van der Waals surface area contributed by atoms with E-state index in [1.54, 1.807) is 6.07 Å². The van der Waals surface area contributed by atoms with Gasteiger partial charge in [-0.05, 0) is 29.1 Å². The van der Waals surface area contributed by atoms with Crippen molar-refractivity contribution < 1.29 is 18.7 Å². The maximum Gasteiger partial charge on any atom is 0.222 e. The first-order chi connectivity index (χ1) is 14.0. The second-order valence-corrected chi connectivity index (χ2v) is 7.98. The minimum atomic E-state index is -0.358. The van der Waals surface area contributed by atoms with E-state index in [0.717, 1.165) is 23.5 Å². The Labute approximate surface area is 174 Å². The van der Waals surface area contributed by atoms with Crippen molar-refractivity contribution in [2.24, 2.45) is 0 Å². The number of hydrogen-bond acceptors (Lipinski definition) is 5. The molecule has 2 atom stereocenters. The van der Waals surface area contributed by atoms with E-state index in [1.165, 1.54) is 30.4 Å². The number of ether oxygens (including phenoxy) is 1. The molecule has 6 nitrogen and oxygen atoms in total. The van der Waals surface area contributed by atoms with Crippen molar-refractivity contribution in [3.8, 4) is 0 Å². The van der Waals surface area contributed by atoms with Crippen LogP contribution in [0.5, 0.6) is 0 Å². The molecule has 0 spiro atoms. The number of thiophene rings is 1. The summed E-state index contributed by atoms with van der Waals surface area (Å²) in [6.45, 7) is 4.48. The van der Waals surface area contributed by atoms with E-state index in [-0.39, 0.29) is 36.1 Å². The van der Waals surface area contributed by atoms with Crippen molar-refractivity contribution in [2.45, 2.75) is 25.4 Å². The summed E-state index contributed by atoms with van der Waals surface area (Å²) in [4.78, 5) is 27.3. The number of nitrogens with zero attached hydrogens (tertiary/aromatic N) is 1. The van der Waals surface area contributed by atoms with E-state index in [9.17, 15) is 14.0 Å². The Morgan fingerprint density at radius 2 is 2.03 bits per heavy atom. The van der Waals surface area contributed by atoms with Crippen LogP contribution in [0.2, 0.25) is 0 Å². The minimum absolute atomic E-state index is 0.139. The van der Waals surface area contributed by atoms with Gasteiger partial charge in [-0.25, -0.2) is 4.39 Å². The Morgan fingerprint density at radius 3 is 2.69 bits per heavy atom. The van der Waals surface area contributed by atoms with Crippen LogP contribution in [0.1, 0.15) is 35.9 Å². The summed E-state index contributed by atoms with van der Waals surface area (Å²) >= 11 is 1.50. The number of carbonyl (C=O) groups is 2. The number of halogens is 1. The summed E-state index contributed by atoms with van der Waals surface area (Å²) < 4.78 is 19.2. The molecule has 8 heteroatoms. The second-order valence-electron chi connectivity index (χ2n) is 7.00. The average Bonchev–Trinajstić information content (AvgIpc) is 3.23. The smallest absolute Gasteiger partial charge is 0.222 e. The van der Waals surface area contributed by atoms with Crippen LogP contribution in [0, 0.1) is 5.82 Å². The third-order valence-electron chi connectivity index (χ3n) is 4.87. The molecule has 1 fully saturated rings. The van der Waals surface area contributed by atoms with Gasteiger partial charge in [-0.2, -0.15) is 0 Å². The second kappa shape index (κ2) is 10.5. The molecule has 2 heterocycles. The molecular formula is C21H26FN3O3S. The van der Waals surface area contributed by atoms with Crippen molar-refractivity contribution >= 4 is 23.2 Å². The van der Waals surface area contributed by atoms with Gasteiger partial charge in [-0.15, -0.1) is 11.3 Å². The number of rotatable bonds is 8. The van der Waals surface area contributed by atoms with Crippen molar-refractivity contribution in [1.29, 1.82) is 0 Å². The van der Waals surface area contributed by atoms with Gasteiger partial charge in [-0.1, -0.05) is 18.2 Å². The van der Waals surface area contributed by atoms with Crippen LogP contribution in [0.3, 0.4) is 0 Å². The molecule has 0 saturated carbocycles. The van der Waals surface area contributed by atoms with E-state index in [1.807, 2.05) is 23.6 Å². The molecule has 0 radical (unpaired) electrons. The molecule has 2 aromatic rings. The molecule has 1 aromatic heterocycles. The molecule has 1 saturated heterocycles. The average molecular weight is 420 g/mol. The standard InChI is InChI=1S/C21H26FN3O3S/c1-15(26)24-18(20-6-3-11-29-20)13-21(27)23-14-19(25-7-9-28-10-8-25)16-4-2-5-17(22)12-16/h2-6,11-12,18-19H,7-10,13-14H2,1H3,(H,23,27)(H,24,26). The maximum absolute atomic E-state index is 13.8. The molecule has 3 rings (SSSR count). The molecule has 156 valence electrons. The molecule has 0 aliphatic carbocycles. The lowest BCUT2D eigenvalue weighted by atomic mass is 10.0. The number of morpholine rings is 1. The summed E-state index contributed by atoms with van der Waals surface area (Å²) in [5.74, 6) is -0.635. The number of amides is 2. The van der Waals surface area contributed by atoms with E-state index >= 15 is 0 Å². The van der Waals surface area contributed by atoms with E-state index in [0.29, 0.717) is 19.8 Å². The number of hydrogen-bond donors (Lipinski definition) is 2. The van der Waals surface area contributed by atoms with Gasteiger partial charge in [0.2, 0.25) is 11.8 Å². The predicted molar refractivity (Wildman–Crippen MR) is 110 cm³/mol. The highest BCUT2D eigenvalue weighted by atomic mass is 32.1. The zero-order valence-electron chi connectivity index (χ0n) is 16.4. The Morgan fingerprint density at radius 1 is 1.24 bits per heavy atom. The van der Waals surface area contributed by atoms with E-state index in [2.05, 4.69) is 15.5 Å². The van der Waals surface area contributed by atoms with Crippen molar-refractivity contribution in [2.75, 3.05) is 32.8 Å². The van der Waals surface area contributed by atoms with Crippen LogP contribution in [-0.4, -0.2) is 49.6 Å². The normalized spacial score (nSPS) is 16.8. The van der Waals surface area contributed by atoms with Crippen LogP contribution in [-0.2, 0) is 14.3 Å². The van der Waals surface area contributed by atoms with Crippen molar-refractivity contribution in [3.63, 3.8) is 0 Å². The van der Waals surface area contributed by atoms with Crippen LogP contribution in [0.15, 0.2) is 41.8 Å². The molecular weight excluding hydrogens is 393 g/mol. The van der Waals surface area contributed by atoms with Gasteiger partial charge < -0.3 is 15.4 Å². The Kier molecular flexibility index (Phi) is 7.74. The first kappa shape index (κ1) is 21.4. The molecule has 1 aliphatic rings. The fraction of sp³-hybridized carbons (Fsp3) is 0.429. The summed E-state index contributed by atoms with van der Waals surface area (Å²) in [5, 5.41) is 7.73. The zero-order valence-corrected chi connectivity index (χ0v) is 17.2. The van der Waals surface area contributed by atoms with Gasteiger partial charge in [0.15, 0.2) is 0 Å². The SMILES string of the molecule is CC(=O)NC(CC(=O)NCC(c1cccc(F)c1)N1CCOCC1)c1cccs1. The van der Waals surface area contributed by atoms with E-state index < -0.39 is 0 Å². The van der Waals surface area contributed by atoms with Gasteiger partial charge >= 0.3 is 0 Å². The lowest BCUT2D eigenvalue weighted by molar-refractivity contribution is -0.123. The summed E-state index contributed by atoms with van der Waals surface area (Å²) in [5.41, 5.74) is 0.823. The molecule has 29 heavy (non-hydrogen) atoms. The molecule has 2 N–H and O–H groups in total. The Bertz CT molecular complexity index is 809. The highest BCUT2D eigenvalue weighted by Crippen LogP contribution is 2.24. The summed E-state index contributed by atoms with van der Waals surface area (Å²) in [6.07, 6.45) is 0.152. The van der Waals surface area contributed by atoms with Crippen LogP contribution in [0.25, 0.3) is 0 Å². The topological polar surface area (TPSA) is 70.7 Å². The van der Waals surface area contributed by atoms with Crippen LogP contribution >= 0.6 is 11.3 Å². The Balaban J connectivity index is 1.66. The molecule has 1 aromatic carbocycles. The van der Waals surface area contributed by atoms with Crippen LogP contribution < -0.4 is 10.6 Å². The number of carbonyl (C=O) groups excluding carboxylic acids is 2. The Hall–Kier alpha value is -2.29. The van der Waals surface area contributed by atoms with Gasteiger partial charge in [-0.3, -0.25) is 14.5 Å². The van der Waals surface area contributed by atoms with Crippen LogP contribution in [0.4, 0.5) is 4.39 Å². The largest absolute Gasteiger partial charge is 0.379 e.